The lowest BCUT2D eigenvalue weighted by Crippen LogP contribution is -2.39. The highest BCUT2D eigenvalue weighted by molar-refractivity contribution is 7.99. The number of aryl methyl sites for hydroxylation is 1. The van der Waals surface area contributed by atoms with Crippen molar-refractivity contribution in [2.75, 3.05) is 37.7 Å². The molecule has 0 spiro atoms. The van der Waals surface area contributed by atoms with Gasteiger partial charge in [-0.25, -0.2) is 4.79 Å². The monoisotopic (exact) mass is 367 g/mol. The number of thioether (sulfide) groups is 1. The predicted octanol–water partition coefficient (Wildman–Crippen LogP) is 1.44. The number of hydrogen-bond acceptors (Lipinski definition) is 6. The third-order valence-electron chi connectivity index (χ3n) is 4.54. The Morgan fingerprint density at radius 1 is 1.32 bits per heavy atom. The SMILES string of the molecule is CCNC(=O)N1CCCC1c1noc(CCC(=O)N2CCSCC2)n1. The fourth-order valence-corrected chi connectivity index (χ4v) is 4.12. The molecule has 1 N–H and O–H groups in total. The van der Waals surface area contributed by atoms with Crippen LogP contribution in [0, 0.1) is 0 Å². The molecular formula is C16H25N5O3S. The minimum absolute atomic E-state index is 0.0884. The van der Waals surface area contributed by atoms with Crippen LogP contribution in [-0.2, 0) is 11.2 Å². The average molecular weight is 367 g/mol. The summed E-state index contributed by atoms with van der Waals surface area (Å²) in [4.78, 5) is 32.4. The van der Waals surface area contributed by atoms with Gasteiger partial charge in [0.25, 0.3) is 0 Å². The minimum atomic E-state index is -0.140. The molecule has 8 nitrogen and oxygen atoms in total. The predicted molar refractivity (Wildman–Crippen MR) is 94.3 cm³/mol. The first-order valence-electron chi connectivity index (χ1n) is 8.91. The van der Waals surface area contributed by atoms with Gasteiger partial charge in [-0.2, -0.15) is 16.7 Å². The average Bonchev–Trinajstić information content (AvgIpc) is 3.29. The lowest BCUT2D eigenvalue weighted by atomic mass is 10.2. The fraction of sp³-hybridized carbons (Fsp3) is 0.750. The van der Waals surface area contributed by atoms with Crippen molar-refractivity contribution in [2.24, 2.45) is 0 Å². The highest BCUT2D eigenvalue weighted by atomic mass is 32.2. The molecule has 3 heterocycles. The molecule has 3 rings (SSSR count). The van der Waals surface area contributed by atoms with Crippen LogP contribution in [0.4, 0.5) is 4.79 Å². The van der Waals surface area contributed by atoms with Gasteiger partial charge in [-0.3, -0.25) is 4.79 Å². The molecule has 138 valence electrons. The maximum absolute atomic E-state index is 12.2. The second kappa shape index (κ2) is 8.55. The van der Waals surface area contributed by atoms with E-state index in [1.807, 2.05) is 23.6 Å². The van der Waals surface area contributed by atoms with E-state index in [9.17, 15) is 9.59 Å². The first-order valence-corrected chi connectivity index (χ1v) is 10.1. The Hall–Kier alpha value is -1.77. The molecule has 2 aliphatic heterocycles. The lowest BCUT2D eigenvalue weighted by Gasteiger charge is -2.26. The number of carbonyl (C=O) groups is 2. The Morgan fingerprint density at radius 3 is 2.88 bits per heavy atom. The number of rotatable bonds is 5. The Morgan fingerprint density at radius 2 is 2.12 bits per heavy atom. The first-order chi connectivity index (χ1) is 12.2. The van der Waals surface area contributed by atoms with E-state index < -0.39 is 0 Å². The van der Waals surface area contributed by atoms with E-state index in [0.717, 1.165) is 37.4 Å². The molecule has 1 atom stereocenters. The number of nitrogens with zero attached hydrogens (tertiary/aromatic N) is 4. The van der Waals surface area contributed by atoms with E-state index in [4.69, 9.17) is 4.52 Å². The molecule has 2 saturated heterocycles. The van der Waals surface area contributed by atoms with Gasteiger partial charge < -0.3 is 19.6 Å². The van der Waals surface area contributed by atoms with Crippen molar-refractivity contribution in [3.05, 3.63) is 11.7 Å². The van der Waals surface area contributed by atoms with Crippen molar-refractivity contribution in [3.8, 4) is 0 Å². The van der Waals surface area contributed by atoms with Gasteiger partial charge in [0.15, 0.2) is 5.82 Å². The summed E-state index contributed by atoms with van der Waals surface area (Å²) in [5.74, 6) is 3.17. The molecule has 0 aliphatic carbocycles. The van der Waals surface area contributed by atoms with Crippen LogP contribution in [0.25, 0.3) is 0 Å². The highest BCUT2D eigenvalue weighted by Gasteiger charge is 2.33. The van der Waals surface area contributed by atoms with Crippen LogP contribution in [0.3, 0.4) is 0 Å². The number of urea groups is 1. The number of carbonyl (C=O) groups excluding carboxylic acids is 2. The maximum atomic E-state index is 12.2. The topological polar surface area (TPSA) is 91.6 Å². The molecule has 2 aliphatic rings. The smallest absolute Gasteiger partial charge is 0.318 e. The zero-order valence-corrected chi connectivity index (χ0v) is 15.4. The van der Waals surface area contributed by atoms with Crippen LogP contribution in [0.15, 0.2) is 4.52 Å². The molecule has 9 heteroatoms. The van der Waals surface area contributed by atoms with Crippen molar-refractivity contribution in [2.45, 2.75) is 38.6 Å². The fourth-order valence-electron chi connectivity index (χ4n) is 3.22. The molecule has 3 amide bonds. The normalized spacial score (nSPS) is 20.8. The van der Waals surface area contributed by atoms with E-state index in [0.29, 0.717) is 37.6 Å². The minimum Gasteiger partial charge on any atom is -0.341 e. The third kappa shape index (κ3) is 4.45. The van der Waals surface area contributed by atoms with E-state index in [-0.39, 0.29) is 18.0 Å². The largest absolute Gasteiger partial charge is 0.341 e. The van der Waals surface area contributed by atoms with Crippen molar-refractivity contribution in [3.63, 3.8) is 0 Å². The van der Waals surface area contributed by atoms with Gasteiger partial charge in [0, 0.05) is 50.5 Å². The van der Waals surface area contributed by atoms with Gasteiger partial charge >= 0.3 is 6.03 Å². The Balaban J connectivity index is 1.54. The lowest BCUT2D eigenvalue weighted by molar-refractivity contribution is -0.130. The molecule has 0 saturated carbocycles. The summed E-state index contributed by atoms with van der Waals surface area (Å²) in [7, 11) is 0. The van der Waals surface area contributed by atoms with Crippen LogP contribution < -0.4 is 5.32 Å². The number of aromatic nitrogens is 2. The van der Waals surface area contributed by atoms with Crippen molar-refractivity contribution in [1.82, 2.24) is 25.3 Å². The Bertz CT molecular complexity index is 602. The van der Waals surface area contributed by atoms with Crippen LogP contribution >= 0.6 is 11.8 Å². The standard InChI is InChI=1S/C16H25N5O3S/c1-2-17-16(23)21-7-3-4-12(21)15-18-13(24-19-15)5-6-14(22)20-8-10-25-11-9-20/h12H,2-11H2,1H3,(H,17,23). The van der Waals surface area contributed by atoms with Crippen molar-refractivity contribution >= 4 is 23.7 Å². The summed E-state index contributed by atoms with van der Waals surface area (Å²) >= 11 is 1.88. The summed E-state index contributed by atoms with van der Waals surface area (Å²) < 4.78 is 5.31. The summed E-state index contributed by atoms with van der Waals surface area (Å²) in [5, 5.41) is 6.86. The van der Waals surface area contributed by atoms with Gasteiger partial charge in [-0.05, 0) is 19.8 Å². The van der Waals surface area contributed by atoms with E-state index in [2.05, 4.69) is 15.5 Å². The van der Waals surface area contributed by atoms with E-state index in [1.165, 1.54) is 0 Å². The van der Waals surface area contributed by atoms with Crippen LogP contribution in [0.2, 0.25) is 0 Å². The molecule has 2 fully saturated rings. The summed E-state index contributed by atoms with van der Waals surface area (Å²) in [6, 6.07) is -0.228. The van der Waals surface area contributed by atoms with Gasteiger partial charge in [-0.15, -0.1) is 0 Å². The van der Waals surface area contributed by atoms with Crippen molar-refractivity contribution < 1.29 is 14.1 Å². The Kier molecular flexibility index (Phi) is 6.17. The van der Waals surface area contributed by atoms with Gasteiger partial charge in [0.05, 0.1) is 6.04 Å². The second-order valence-corrected chi connectivity index (χ2v) is 7.45. The van der Waals surface area contributed by atoms with E-state index >= 15 is 0 Å². The number of likely N-dealkylation sites (tertiary alicyclic amines) is 1. The number of nitrogens with one attached hydrogen (secondary N) is 1. The molecule has 1 aromatic rings. The second-order valence-electron chi connectivity index (χ2n) is 6.23. The first kappa shape index (κ1) is 18.0. The quantitative estimate of drug-likeness (QED) is 0.847. The van der Waals surface area contributed by atoms with Crippen LogP contribution in [0.5, 0.6) is 0 Å². The van der Waals surface area contributed by atoms with Crippen LogP contribution in [-0.4, -0.2) is 69.6 Å². The van der Waals surface area contributed by atoms with Crippen molar-refractivity contribution in [1.29, 1.82) is 0 Å². The molecular weight excluding hydrogens is 342 g/mol. The summed E-state index contributed by atoms with van der Waals surface area (Å²) in [6.45, 7) is 4.83. The van der Waals surface area contributed by atoms with Crippen LogP contribution in [0.1, 0.15) is 43.9 Å². The molecule has 1 unspecified atom stereocenters. The molecule has 0 aromatic carbocycles. The molecule has 25 heavy (non-hydrogen) atoms. The maximum Gasteiger partial charge on any atom is 0.318 e. The summed E-state index contributed by atoms with van der Waals surface area (Å²) in [6.07, 6.45) is 2.60. The zero-order valence-electron chi connectivity index (χ0n) is 14.6. The highest BCUT2D eigenvalue weighted by Crippen LogP contribution is 2.30. The molecule has 1 aromatic heterocycles. The molecule has 0 radical (unpaired) electrons. The summed E-state index contributed by atoms with van der Waals surface area (Å²) in [5.41, 5.74) is 0. The van der Waals surface area contributed by atoms with Gasteiger partial charge in [-0.1, -0.05) is 5.16 Å². The zero-order chi connectivity index (χ0) is 17.6. The van der Waals surface area contributed by atoms with Gasteiger partial charge in [0.2, 0.25) is 11.8 Å². The van der Waals surface area contributed by atoms with E-state index in [1.54, 1.807) is 4.90 Å². The number of amides is 3. The molecule has 0 bridgehead atoms. The Labute approximate surface area is 151 Å². The van der Waals surface area contributed by atoms with Gasteiger partial charge in [0.1, 0.15) is 0 Å². The number of hydrogen-bond donors (Lipinski definition) is 1. The third-order valence-corrected chi connectivity index (χ3v) is 5.48.